The molecule has 0 saturated carbocycles. The third-order valence-electron chi connectivity index (χ3n) is 3.38. The minimum atomic E-state index is -3.44. The van der Waals surface area contributed by atoms with E-state index in [4.69, 9.17) is 11.6 Å². The van der Waals surface area contributed by atoms with Gasteiger partial charge in [0.05, 0.1) is 11.4 Å². The molecule has 124 valence electrons. The maximum Gasteiger partial charge on any atom is 0.216 e. The second-order valence-electron chi connectivity index (χ2n) is 5.27. The molecule has 0 bridgehead atoms. The number of pyridine rings is 1. The van der Waals surface area contributed by atoms with Gasteiger partial charge in [-0.3, -0.25) is 4.98 Å². The summed E-state index contributed by atoms with van der Waals surface area (Å²) in [5, 5.41) is 4.52. The highest BCUT2D eigenvalue weighted by atomic mass is 35.5. The van der Waals surface area contributed by atoms with E-state index in [-0.39, 0.29) is 12.3 Å². The zero-order chi connectivity index (χ0) is 17.0. The Morgan fingerprint density at radius 1 is 1.12 bits per heavy atom. The summed E-state index contributed by atoms with van der Waals surface area (Å²) in [6.07, 6.45) is 1.69. The summed E-state index contributed by atoms with van der Waals surface area (Å²) in [5.41, 5.74) is 3.39. The molecule has 0 saturated heterocycles. The monoisotopic (exact) mass is 378 g/mol. The molecule has 3 aromatic rings. The lowest BCUT2D eigenvalue weighted by atomic mass is 10.1. The summed E-state index contributed by atoms with van der Waals surface area (Å²) in [6.45, 7) is 0.225. The number of nitrogens with one attached hydrogen (secondary N) is 1. The second kappa shape index (κ2) is 7.44. The Morgan fingerprint density at radius 3 is 2.75 bits per heavy atom. The molecule has 0 fully saturated rings. The molecule has 24 heavy (non-hydrogen) atoms. The third-order valence-corrected chi connectivity index (χ3v) is 5.60. The van der Waals surface area contributed by atoms with E-state index >= 15 is 0 Å². The predicted molar refractivity (Wildman–Crippen MR) is 98.5 cm³/mol. The molecule has 0 aliphatic rings. The molecule has 0 radical (unpaired) electrons. The van der Waals surface area contributed by atoms with Gasteiger partial charge in [-0.15, -0.1) is 0 Å². The van der Waals surface area contributed by atoms with Gasteiger partial charge < -0.3 is 0 Å². The van der Waals surface area contributed by atoms with Crippen LogP contribution >= 0.6 is 22.9 Å². The highest BCUT2D eigenvalue weighted by Gasteiger charge is 2.12. The van der Waals surface area contributed by atoms with Crippen molar-refractivity contribution in [3.05, 3.63) is 75.6 Å². The van der Waals surface area contributed by atoms with Gasteiger partial charge in [-0.25, -0.2) is 13.1 Å². The van der Waals surface area contributed by atoms with E-state index < -0.39 is 10.0 Å². The molecule has 1 aromatic carbocycles. The first-order valence-corrected chi connectivity index (χ1v) is 10.2. The van der Waals surface area contributed by atoms with E-state index in [0.717, 1.165) is 16.8 Å². The van der Waals surface area contributed by atoms with Crippen molar-refractivity contribution in [2.45, 2.75) is 12.3 Å². The van der Waals surface area contributed by atoms with Crippen LogP contribution in [0.2, 0.25) is 5.02 Å². The minimum absolute atomic E-state index is 0.101. The van der Waals surface area contributed by atoms with Crippen molar-refractivity contribution in [1.82, 2.24) is 9.71 Å². The summed E-state index contributed by atoms with van der Waals surface area (Å²) in [7, 11) is -3.44. The van der Waals surface area contributed by atoms with Gasteiger partial charge in [0.25, 0.3) is 0 Å². The first-order chi connectivity index (χ1) is 11.5. The maximum absolute atomic E-state index is 12.2. The fraction of sp³-hybridized carbons (Fsp3) is 0.118. The number of hydrogen-bond donors (Lipinski definition) is 1. The van der Waals surface area contributed by atoms with Crippen molar-refractivity contribution < 1.29 is 8.42 Å². The van der Waals surface area contributed by atoms with E-state index in [9.17, 15) is 8.42 Å². The molecule has 0 spiro atoms. The number of rotatable bonds is 6. The molecule has 7 heteroatoms. The molecule has 0 aliphatic heterocycles. The first kappa shape index (κ1) is 17.1. The van der Waals surface area contributed by atoms with Crippen LogP contribution in [0.25, 0.3) is 11.3 Å². The van der Waals surface area contributed by atoms with Gasteiger partial charge in [0, 0.05) is 28.7 Å². The number of nitrogens with zero attached hydrogens (tertiary/aromatic N) is 1. The van der Waals surface area contributed by atoms with E-state index in [1.54, 1.807) is 47.9 Å². The SMILES string of the molecule is O=S(=O)(Cc1cccc(Cl)c1)NCc1ccnc(-c2ccsc2)c1. The largest absolute Gasteiger partial charge is 0.256 e. The molecule has 3 rings (SSSR count). The minimum Gasteiger partial charge on any atom is -0.256 e. The molecular weight excluding hydrogens is 364 g/mol. The normalized spacial score (nSPS) is 11.5. The van der Waals surface area contributed by atoms with Crippen molar-refractivity contribution in [2.75, 3.05) is 0 Å². The predicted octanol–water partition coefficient (Wildman–Crippen LogP) is 4.08. The van der Waals surface area contributed by atoms with Gasteiger partial charge in [-0.05, 0) is 46.8 Å². The van der Waals surface area contributed by atoms with E-state index in [1.807, 2.05) is 22.9 Å². The van der Waals surface area contributed by atoms with Crippen LogP contribution in [0.5, 0.6) is 0 Å². The summed E-state index contributed by atoms with van der Waals surface area (Å²) in [4.78, 5) is 4.32. The second-order valence-corrected chi connectivity index (χ2v) is 8.29. The van der Waals surface area contributed by atoms with Crippen LogP contribution in [-0.2, 0) is 22.3 Å². The Balaban J connectivity index is 1.67. The van der Waals surface area contributed by atoms with Crippen molar-refractivity contribution in [2.24, 2.45) is 0 Å². The average Bonchev–Trinajstić information content (AvgIpc) is 3.07. The maximum atomic E-state index is 12.2. The standard InChI is InChI=1S/C17H15ClN2O2S2/c18-16-3-1-2-14(8-16)12-24(21,22)20-10-13-4-6-19-17(9-13)15-5-7-23-11-15/h1-9,11,20H,10,12H2. The van der Waals surface area contributed by atoms with Crippen molar-refractivity contribution >= 4 is 33.0 Å². The van der Waals surface area contributed by atoms with Gasteiger partial charge in [0.15, 0.2) is 0 Å². The molecule has 0 atom stereocenters. The van der Waals surface area contributed by atoms with Crippen LogP contribution in [-0.4, -0.2) is 13.4 Å². The van der Waals surface area contributed by atoms with Gasteiger partial charge >= 0.3 is 0 Å². The number of sulfonamides is 1. The Bertz CT molecular complexity index is 925. The number of hydrogen-bond acceptors (Lipinski definition) is 4. The van der Waals surface area contributed by atoms with E-state index in [2.05, 4.69) is 9.71 Å². The van der Waals surface area contributed by atoms with Crippen LogP contribution in [0.3, 0.4) is 0 Å². The lowest BCUT2D eigenvalue weighted by Gasteiger charge is -2.08. The van der Waals surface area contributed by atoms with Crippen molar-refractivity contribution in [3.63, 3.8) is 0 Å². The van der Waals surface area contributed by atoms with Crippen LogP contribution in [0.4, 0.5) is 0 Å². The van der Waals surface area contributed by atoms with Crippen LogP contribution in [0.1, 0.15) is 11.1 Å². The van der Waals surface area contributed by atoms with E-state index in [1.165, 1.54) is 0 Å². The van der Waals surface area contributed by atoms with Crippen LogP contribution in [0, 0.1) is 0 Å². The Labute approximate surface area is 150 Å². The van der Waals surface area contributed by atoms with Gasteiger partial charge in [0.1, 0.15) is 0 Å². The van der Waals surface area contributed by atoms with Gasteiger partial charge in [-0.2, -0.15) is 11.3 Å². The average molecular weight is 379 g/mol. The summed E-state index contributed by atoms with van der Waals surface area (Å²) >= 11 is 7.49. The topological polar surface area (TPSA) is 59.1 Å². The number of aromatic nitrogens is 1. The van der Waals surface area contributed by atoms with Crippen molar-refractivity contribution in [1.29, 1.82) is 0 Å². The fourth-order valence-electron chi connectivity index (χ4n) is 2.24. The van der Waals surface area contributed by atoms with Gasteiger partial charge in [-0.1, -0.05) is 23.7 Å². The first-order valence-electron chi connectivity index (χ1n) is 7.21. The smallest absolute Gasteiger partial charge is 0.216 e. The fourth-order valence-corrected chi connectivity index (χ4v) is 4.21. The van der Waals surface area contributed by atoms with E-state index in [0.29, 0.717) is 10.6 Å². The quantitative estimate of drug-likeness (QED) is 0.703. The highest BCUT2D eigenvalue weighted by Crippen LogP contribution is 2.20. The lowest BCUT2D eigenvalue weighted by Crippen LogP contribution is -2.24. The highest BCUT2D eigenvalue weighted by molar-refractivity contribution is 7.88. The molecule has 2 heterocycles. The van der Waals surface area contributed by atoms with Crippen molar-refractivity contribution in [3.8, 4) is 11.3 Å². The number of thiophene rings is 1. The summed E-state index contributed by atoms with van der Waals surface area (Å²) in [5.74, 6) is -0.101. The summed E-state index contributed by atoms with van der Waals surface area (Å²) < 4.78 is 27.1. The molecular formula is C17H15ClN2O2S2. The van der Waals surface area contributed by atoms with Crippen LogP contribution in [0.15, 0.2) is 59.4 Å². The number of benzene rings is 1. The summed E-state index contributed by atoms with van der Waals surface area (Å²) in [6, 6.07) is 12.5. The third kappa shape index (κ3) is 4.64. The van der Waals surface area contributed by atoms with Gasteiger partial charge in [0.2, 0.25) is 10.0 Å². The lowest BCUT2D eigenvalue weighted by molar-refractivity contribution is 0.580. The zero-order valence-electron chi connectivity index (χ0n) is 12.6. The molecule has 0 amide bonds. The Morgan fingerprint density at radius 2 is 2.00 bits per heavy atom. The molecule has 2 aromatic heterocycles. The molecule has 1 N–H and O–H groups in total. The molecule has 4 nitrogen and oxygen atoms in total. The Kier molecular flexibility index (Phi) is 5.30. The van der Waals surface area contributed by atoms with Crippen LogP contribution < -0.4 is 4.72 Å². The molecule has 0 aliphatic carbocycles. The number of halogens is 1. The Hall–Kier alpha value is -1.73. The molecule has 0 unspecified atom stereocenters. The zero-order valence-corrected chi connectivity index (χ0v) is 15.0.